The Balaban J connectivity index is 1.17. The first kappa shape index (κ1) is 22.5. The molecule has 2 aromatic carbocycles. The maximum atomic E-state index is 12.5. The lowest BCUT2D eigenvalue weighted by molar-refractivity contribution is -0.129. The Morgan fingerprint density at radius 3 is 2.37 bits per heavy atom. The van der Waals surface area contributed by atoms with Crippen LogP contribution in [0.1, 0.15) is 27.3 Å². The molecule has 3 heterocycles. The van der Waals surface area contributed by atoms with Gasteiger partial charge in [-0.1, -0.05) is 23.3 Å². The molecule has 1 aliphatic heterocycles. The summed E-state index contributed by atoms with van der Waals surface area (Å²) in [5.74, 6) is -1.14. The number of carbonyl (C=O) groups is 3. The molecular weight excluding hydrogens is 468 g/mol. The van der Waals surface area contributed by atoms with Crippen LogP contribution in [0.25, 0.3) is 10.1 Å². The van der Waals surface area contributed by atoms with Crippen LogP contribution in [0.2, 0.25) is 0 Å². The highest BCUT2D eigenvalue weighted by Gasteiger charge is 2.20. The predicted molar refractivity (Wildman–Crippen MR) is 133 cm³/mol. The van der Waals surface area contributed by atoms with E-state index in [9.17, 15) is 14.4 Å². The van der Waals surface area contributed by atoms with Gasteiger partial charge < -0.3 is 19.5 Å². The second-order valence-corrected chi connectivity index (χ2v) is 9.09. The molecule has 0 radical (unpaired) electrons. The van der Waals surface area contributed by atoms with E-state index in [1.54, 1.807) is 25.1 Å². The van der Waals surface area contributed by atoms with Gasteiger partial charge in [0.05, 0.1) is 4.88 Å². The number of benzene rings is 2. The number of hydrogen-bond acceptors (Lipinski definition) is 8. The summed E-state index contributed by atoms with van der Waals surface area (Å²) < 4.78 is 6.32. The third-order valence-corrected chi connectivity index (χ3v) is 6.82. The van der Waals surface area contributed by atoms with Crippen molar-refractivity contribution < 1.29 is 18.8 Å². The highest BCUT2D eigenvalue weighted by molar-refractivity contribution is 7.20. The third-order valence-electron chi connectivity index (χ3n) is 5.70. The Morgan fingerprint density at radius 1 is 0.914 bits per heavy atom. The predicted octanol–water partition coefficient (Wildman–Crippen LogP) is 3.46. The van der Waals surface area contributed by atoms with Crippen molar-refractivity contribution in [3.63, 3.8) is 0 Å². The molecule has 10 nitrogen and oxygen atoms in total. The molecule has 4 aromatic rings. The van der Waals surface area contributed by atoms with E-state index in [-0.39, 0.29) is 23.7 Å². The fourth-order valence-electron chi connectivity index (χ4n) is 3.84. The standard InChI is InChI=1S/C24H22N6O4S/c1-15(31)29-10-12-30(13-11-29)18-8-6-17(7-9-18)25-22(33)23-27-28-24(34-23)26-21(32)20-14-16-4-2-3-5-19(16)35-20/h2-9,14H,10-13H2,1H3,(H,25,33)(H,26,28,32). The number of thiophene rings is 1. The number of nitrogens with zero attached hydrogens (tertiary/aromatic N) is 4. The molecule has 0 spiro atoms. The van der Waals surface area contributed by atoms with Crippen molar-refractivity contribution in [1.82, 2.24) is 15.1 Å². The van der Waals surface area contributed by atoms with E-state index in [4.69, 9.17) is 4.42 Å². The molecule has 0 bridgehead atoms. The molecule has 5 rings (SSSR count). The molecule has 35 heavy (non-hydrogen) atoms. The lowest BCUT2D eigenvalue weighted by atomic mass is 10.2. The van der Waals surface area contributed by atoms with Gasteiger partial charge in [0, 0.05) is 49.2 Å². The van der Waals surface area contributed by atoms with Crippen molar-refractivity contribution in [3.05, 3.63) is 65.4 Å². The lowest BCUT2D eigenvalue weighted by Gasteiger charge is -2.35. The van der Waals surface area contributed by atoms with Crippen LogP contribution >= 0.6 is 11.3 Å². The zero-order chi connectivity index (χ0) is 24.4. The minimum absolute atomic E-state index is 0.0894. The normalized spacial score (nSPS) is 13.6. The summed E-state index contributed by atoms with van der Waals surface area (Å²) in [6.07, 6.45) is 0. The van der Waals surface area contributed by atoms with Crippen LogP contribution in [0.3, 0.4) is 0 Å². The van der Waals surface area contributed by atoms with Gasteiger partial charge >= 0.3 is 17.8 Å². The van der Waals surface area contributed by atoms with Gasteiger partial charge in [0.2, 0.25) is 5.91 Å². The van der Waals surface area contributed by atoms with Gasteiger partial charge in [-0.05, 0) is 41.8 Å². The molecule has 1 fully saturated rings. The topological polar surface area (TPSA) is 121 Å². The van der Waals surface area contributed by atoms with Crippen LogP contribution in [-0.4, -0.2) is 59.0 Å². The SMILES string of the molecule is CC(=O)N1CCN(c2ccc(NC(=O)c3nnc(NC(=O)c4cc5ccccc5s4)o3)cc2)CC1. The lowest BCUT2D eigenvalue weighted by Crippen LogP contribution is -2.48. The summed E-state index contributed by atoms with van der Waals surface area (Å²) in [5, 5.41) is 13.7. The highest BCUT2D eigenvalue weighted by Crippen LogP contribution is 2.26. The van der Waals surface area contributed by atoms with Crippen LogP contribution < -0.4 is 15.5 Å². The van der Waals surface area contributed by atoms with E-state index in [1.165, 1.54) is 11.3 Å². The third kappa shape index (κ3) is 4.99. The second-order valence-electron chi connectivity index (χ2n) is 8.01. The van der Waals surface area contributed by atoms with Crippen molar-refractivity contribution in [3.8, 4) is 0 Å². The summed E-state index contributed by atoms with van der Waals surface area (Å²) in [6.45, 7) is 4.46. The zero-order valence-electron chi connectivity index (χ0n) is 18.9. The summed E-state index contributed by atoms with van der Waals surface area (Å²) in [6, 6.07) is 16.7. The summed E-state index contributed by atoms with van der Waals surface area (Å²) in [4.78, 5) is 41.0. The van der Waals surface area contributed by atoms with Crippen molar-refractivity contribution in [2.24, 2.45) is 0 Å². The Labute approximate surface area is 204 Å². The first-order chi connectivity index (χ1) is 17.0. The van der Waals surface area contributed by atoms with Gasteiger partial charge in [-0.25, -0.2) is 0 Å². The van der Waals surface area contributed by atoms with Gasteiger partial charge in [0.15, 0.2) is 0 Å². The first-order valence-electron chi connectivity index (χ1n) is 11.0. The maximum absolute atomic E-state index is 12.5. The molecule has 11 heteroatoms. The number of hydrogen-bond donors (Lipinski definition) is 2. The highest BCUT2D eigenvalue weighted by atomic mass is 32.1. The number of aromatic nitrogens is 2. The second kappa shape index (κ2) is 9.55. The summed E-state index contributed by atoms with van der Waals surface area (Å²) >= 11 is 1.35. The van der Waals surface area contributed by atoms with Gasteiger partial charge in [-0.3, -0.25) is 19.7 Å². The number of fused-ring (bicyclic) bond motifs is 1. The number of anilines is 3. The van der Waals surface area contributed by atoms with Gasteiger partial charge in [0.1, 0.15) is 0 Å². The van der Waals surface area contributed by atoms with Crippen LogP contribution in [-0.2, 0) is 4.79 Å². The van der Waals surface area contributed by atoms with Crippen LogP contribution in [0.5, 0.6) is 0 Å². The minimum atomic E-state index is -0.581. The molecule has 0 saturated carbocycles. The molecule has 1 saturated heterocycles. The van der Waals surface area contributed by atoms with E-state index in [1.807, 2.05) is 41.3 Å². The molecule has 3 amide bonds. The van der Waals surface area contributed by atoms with Gasteiger partial charge in [0.25, 0.3) is 5.91 Å². The average molecular weight is 491 g/mol. The number of nitrogens with one attached hydrogen (secondary N) is 2. The van der Waals surface area contributed by atoms with Crippen molar-refractivity contribution in [2.75, 3.05) is 41.7 Å². The summed E-state index contributed by atoms with van der Waals surface area (Å²) in [5.41, 5.74) is 1.57. The fraction of sp³-hybridized carbons (Fsp3) is 0.208. The zero-order valence-corrected chi connectivity index (χ0v) is 19.7. The van der Waals surface area contributed by atoms with Gasteiger partial charge in [-0.15, -0.1) is 16.4 Å². The Kier molecular flexibility index (Phi) is 6.15. The molecular formula is C24H22N6O4S. The van der Waals surface area contributed by atoms with Crippen LogP contribution in [0, 0.1) is 0 Å². The number of amides is 3. The quantitative estimate of drug-likeness (QED) is 0.439. The maximum Gasteiger partial charge on any atom is 0.323 e. The molecule has 0 atom stereocenters. The smallest absolute Gasteiger partial charge is 0.323 e. The average Bonchev–Trinajstić information content (AvgIpc) is 3.52. The van der Waals surface area contributed by atoms with Crippen molar-refractivity contribution in [1.29, 1.82) is 0 Å². The number of piperazine rings is 1. The molecule has 178 valence electrons. The fourth-order valence-corrected chi connectivity index (χ4v) is 4.80. The van der Waals surface area contributed by atoms with E-state index >= 15 is 0 Å². The Morgan fingerprint density at radius 2 is 1.66 bits per heavy atom. The Bertz CT molecular complexity index is 1360. The minimum Gasteiger partial charge on any atom is -0.399 e. The molecule has 0 aliphatic carbocycles. The van der Waals surface area contributed by atoms with E-state index in [0.29, 0.717) is 23.7 Å². The van der Waals surface area contributed by atoms with E-state index < -0.39 is 5.91 Å². The summed E-state index contributed by atoms with van der Waals surface area (Å²) in [7, 11) is 0. The van der Waals surface area contributed by atoms with Gasteiger partial charge in [-0.2, -0.15) is 0 Å². The monoisotopic (exact) mass is 490 g/mol. The van der Waals surface area contributed by atoms with Crippen molar-refractivity contribution >= 4 is 56.5 Å². The first-order valence-corrected chi connectivity index (χ1v) is 11.8. The van der Waals surface area contributed by atoms with E-state index in [0.717, 1.165) is 28.9 Å². The van der Waals surface area contributed by atoms with Crippen molar-refractivity contribution in [2.45, 2.75) is 6.92 Å². The van der Waals surface area contributed by atoms with Crippen LogP contribution in [0.15, 0.2) is 59.0 Å². The number of carbonyl (C=O) groups excluding carboxylic acids is 3. The molecule has 2 N–H and O–H groups in total. The van der Waals surface area contributed by atoms with E-state index in [2.05, 4.69) is 25.7 Å². The Hall–Kier alpha value is -4.25. The van der Waals surface area contributed by atoms with Crippen LogP contribution in [0.4, 0.5) is 17.4 Å². The molecule has 0 unspecified atom stereocenters. The largest absolute Gasteiger partial charge is 0.399 e. The molecule has 1 aliphatic rings. The number of rotatable bonds is 5. The molecule has 2 aromatic heterocycles.